The molecule has 2 unspecified atom stereocenters. The van der Waals surface area contributed by atoms with Crippen LogP contribution in [0, 0.1) is 0 Å². The third-order valence-electron chi connectivity index (χ3n) is 4.78. The number of amides is 1. The van der Waals surface area contributed by atoms with Crippen molar-refractivity contribution in [1.29, 1.82) is 0 Å². The van der Waals surface area contributed by atoms with Gasteiger partial charge >= 0.3 is 0 Å². The van der Waals surface area contributed by atoms with Gasteiger partial charge in [0.2, 0.25) is 5.91 Å². The van der Waals surface area contributed by atoms with E-state index in [1.807, 2.05) is 11.8 Å². The van der Waals surface area contributed by atoms with Crippen molar-refractivity contribution >= 4 is 29.1 Å². The van der Waals surface area contributed by atoms with Crippen molar-refractivity contribution in [3.8, 4) is 11.3 Å². The predicted octanol–water partition coefficient (Wildman–Crippen LogP) is 4.31. The predicted molar refractivity (Wildman–Crippen MR) is 103 cm³/mol. The van der Waals surface area contributed by atoms with Crippen LogP contribution in [0.5, 0.6) is 0 Å². The molecule has 2 heterocycles. The van der Waals surface area contributed by atoms with Crippen molar-refractivity contribution in [3.05, 3.63) is 40.3 Å². The number of halogens is 2. The van der Waals surface area contributed by atoms with Gasteiger partial charge in [0.05, 0.1) is 11.2 Å². The van der Waals surface area contributed by atoms with Crippen molar-refractivity contribution in [3.63, 3.8) is 0 Å². The number of oxazole rings is 1. The monoisotopic (exact) mass is 395 g/mol. The summed E-state index contributed by atoms with van der Waals surface area (Å²) in [6.45, 7) is 2.74. The topological polar surface area (TPSA) is 72.4 Å². The normalized spacial score (nSPS) is 18.8. The number of carbonyl (C=O) groups is 1. The second kappa shape index (κ2) is 8.42. The van der Waals surface area contributed by atoms with Crippen LogP contribution in [0.3, 0.4) is 0 Å². The highest BCUT2D eigenvalue weighted by Gasteiger charge is 2.29. The van der Waals surface area contributed by atoms with Gasteiger partial charge in [-0.2, -0.15) is 0 Å². The van der Waals surface area contributed by atoms with Crippen LogP contribution in [0.1, 0.15) is 38.5 Å². The fraction of sp³-hybridized carbons (Fsp3) is 0.474. The van der Waals surface area contributed by atoms with E-state index in [-0.39, 0.29) is 18.0 Å². The van der Waals surface area contributed by atoms with Crippen molar-refractivity contribution in [2.45, 2.75) is 51.1 Å². The van der Waals surface area contributed by atoms with E-state index in [1.165, 1.54) is 0 Å². The van der Waals surface area contributed by atoms with Crippen LogP contribution in [0.15, 0.2) is 28.8 Å². The number of piperidine rings is 1. The molecular formula is C19H23Cl2N3O2. The summed E-state index contributed by atoms with van der Waals surface area (Å²) in [5, 5.41) is 1.07. The van der Waals surface area contributed by atoms with Crippen LogP contribution >= 0.6 is 23.2 Å². The Bertz CT molecular complexity index is 776. The number of aryl methyl sites for hydroxylation is 1. The molecule has 1 aliphatic rings. The number of benzene rings is 1. The molecule has 1 saturated heterocycles. The van der Waals surface area contributed by atoms with Gasteiger partial charge in [0.25, 0.3) is 0 Å². The molecule has 0 radical (unpaired) electrons. The minimum Gasteiger partial charge on any atom is -0.441 e. The average Bonchev–Trinajstić information content (AvgIpc) is 3.08. The van der Waals surface area contributed by atoms with E-state index in [0.717, 1.165) is 31.4 Å². The molecule has 7 heteroatoms. The Kier molecular flexibility index (Phi) is 6.22. The summed E-state index contributed by atoms with van der Waals surface area (Å²) in [6, 6.07) is 5.32. The second-order valence-electron chi connectivity index (χ2n) is 6.75. The smallest absolute Gasteiger partial charge is 0.223 e. The number of nitrogens with two attached hydrogens (primary N) is 1. The Balaban J connectivity index is 1.63. The van der Waals surface area contributed by atoms with Crippen LogP contribution in [0.2, 0.25) is 10.0 Å². The number of carbonyl (C=O) groups excluding carboxylic acids is 1. The van der Waals surface area contributed by atoms with Gasteiger partial charge in [-0.15, -0.1) is 0 Å². The van der Waals surface area contributed by atoms with E-state index in [0.29, 0.717) is 34.5 Å². The molecule has 140 valence electrons. The van der Waals surface area contributed by atoms with Gasteiger partial charge in [-0.3, -0.25) is 4.79 Å². The SMILES string of the molecule is CC(N)C1CCCCN1C(=O)CCc1ncc(-c2ccc(Cl)cc2Cl)o1. The van der Waals surface area contributed by atoms with E-state index < -0.39 is 0 Å². The standard InChI is InChI=1S/C19H23Cl2N3O2/c1-12(22)16-4-2-3-9-24(16)19(25)8-7-18-23-11-17(26-18)14-6-5-13(20)10-15(14)21/h5-6,10-12,16H,2-4,7-9,22H2,1H3. The third kappa shape index (κ3) is 4.40. The van der Waals surface area contributed by atoms with Crippen LogP contribution < -0.4 is 5.73 Å². The first-order chi connectivity index (χ1) is 12.5. The minimum atomic E-state index is -0.0142. The Morgan fingerprint density at radius 1 is 1.42 bits per heavy atom. The maximum atomic E-state index is 12.6. The maximum absolute atomic E-state index is 12.6. The molecule has 1 fully saturated rings. The fourth-order valence-corrected chi connectivity index (χ4v) is 3.91. The Labute approximate surface area is 163 Å². The lowest BCUT2D eigenvalue weighted by Gasteiger charge is -2.38. The molecule has 2 aromatic rings. The Hall–Kier alpha value is -1.56. The van der Waals surface area contributed by atoms with Gasteiger partial charge < -0.3 is 15.1 Å². The van der Waals surface area contributed by atoms with Crippen molar-refractivity contribution in [2.75, 3.05) is 6.54 Å². The number of rotatable bonds is 5. The second-order valence-corrected chi connectivity index (χ2v) is 7.60. The molecule has 2 N–H and O–H groups in total. The number of hydrogen-bond donors (Lipinski definition) is 1. The number of aromatic nitrogens is 1. The van der Waals surface area contributed by atoms with E-state index in [4.69, 9.17) is 33.4 Å². The maximum Gasteiger partial charge on any atom is 0.223 e. The minimum absolute atomic E-state index is 0.0142. The summed E-state index contributed by atoms with van der Waals surface area (Å²) < 4.78 is 5.77. The highest BCUT2D eigenvalue weighted by atomic mass is 35.5. The zero-order valence-electron chi connectivity index (χ0n) is 14.8. The molecule has 2 atom stereocenters. The highest BCUT2D eigenvalue weighted by molar-refractivity contribution is 6.36. The molecule has 0 aliphatic carbocycles. The first-order valence-corrected chi connectivity index (χ1v) is 9.66. The summed E-state index contributed by atoms with van der Waals surface area (Å²) in [5.74, 6) is 1.20. The molecule has 5 nitrogen and oxygen atoms in total. The fourth-order valence-electron chi connectivity index (χ4n) is 3.41. The van der Waals surface area contributed by atoms with Gasteiger partial charge in [-0.25, -0.2) is 4.98 Å². The zero-order chi connectivity index (χ0) is 18.7. The van der Waals surface area contributed by atoms with Crippen molar-refractivity contribution in [2.24, 2.45) is 5.73 Å². The van der Waals surface area contributed by atoms with Crippen LogP contribution in [-0.2, 0) is 11.2 Å². The molecule has 0 spiro atoms. The van der Waals surface area contributed by atoms with Crippen LogP contribution in [-0.4, -0.2) is 34.4 Å². The molecule has 0 saturated carbocycles. The molecule has 1 aliphatic heterocycles. The number of nitrogens with zero attached hydrogens (tertiary/aromatic N) is 2. The Morgan fingerprint density at radius 2 is 2.23 bits per heavy atom. The van der Waals surface area contributed by atoms with Gasteiger partial charge in [0.1, 0.15) is 0 Å². The van der Waals surface area contributed by atoms with Crippen LogP contribution in [0.25, 0.3) is 11.3 Å². The molecule has 3 rings (SSSR count). The molecular weight excluding hydrogens is 373 g/mol. The number of likely N-dealkylation sites (tertiary alicyclic amines) is 1. The van der Waals surface area contributed by atoms with Gasteiger partial charge in [-0.1, -0.05) is 23.2 Å². The van der Waals surface area contributed by atoms with Gasteiger partial charge in [0.15, 0.2) is 11.7 Å². The third-order valence-corrected chi connectivity index (χ3v) is 5.33. The molecule has 26 heavy (non-hydrogen) atoms. The summed E-state index contributed by atoms with van der Waals surface area (Å²) in [6.07, 6.45) is 5.57. The molecule has 1 amide bonds. The van der Waals surface area contributed by atoms with E-state index in [9.17, 15) is 4.79 Å². The van der Waals surface area contributed by atoms with Crippen molar-refractivity contribution < 1.29 is 9.21 Å². The largest absolute Gasteiger partial charge is 0.441 e. The summed E-state index contributed by atoms with van der Waals surface area (Å²) in [5.41, 5.74) is 6.78. The quantitative estimate of drug-likeness (QED) is 0.818. The van der Waals surface area contributed by atoms with E-state index in [2.05, 4.69) is 4.98 Å². The molecule has 1 aromatic heterocycles. The van der Waals surface area contributed by atoms with E-state index in [1.54, 1.807) is 24.4 Å². The van der Waals surface area contributed by atoms with E-state index >= 15 is 0 Å². The Morgan fingerprint density at radius 3 is 2.96 bits per heavy atom. The number of hydrogen-bond acceptors (Lipinski definition) is 4. The zero-order valence-corrected chi connectivity index (χ0v) is 16.3. The summed E-state index contributed by atoms with van der Waals surface area (Å²) in [7, 11) is 0. The molecule has 1 aromatic carbocycles. The molecule has 0 bridgehead atoms. The summed E-state index contributed by atoms with van der Waals surface area (Å²) >= 11 is 12.1. The lowest BCUT2D eigenvalue weighted by atomic mass is 9.96. The van der Waals surface area contributed by atoms with Gasteiger partial charge in [0, 0.05) is 42.1 Å². The first-order valence-electron chi connectivity index (χ1n) is 8.91. The van der Waals surface area contributed by atoms with Crippen molar-refractivity contribution in [1.82, 2.24) is 9.88 Å². The lowest BCUT2D eigenvalue weighted by molar-refractivity contribution is -0.135. The first kappa shape index (κ1) is 19.2. The lowest BCUT2D eigenvalue weighted by Crippen LogP contribution is -2.51. The highest BCUT2D eigenvalue weighted by Crippen LogP contribution is 2.31. The average molecular weight is 396 g/mol. The summed E-state index contributed by atoms with van der Waals surface area (Å²) in [4.78, 5) is 18.8. The van der Waals surface area contributed by atoms with Gasteiger partial charge in [-0.05, 0) is 44.4 Å². The van der Waals surface area contributed by atoms with Crippen LogP contribution in [0.4, 0.5) is 0 Å².